The first-order valence-electron chi connectivity index (χ1n) is 16.9. The quantitative estimate of drug-likeness (QED) is 0.0602. The normalized spacial score (nSPS) is 10.8. The number of carbonyl (C=O) groups excluding carboxylic acids is 1. The van der Waals surface area contributed by atoms with Gasteiger partial charge in [-0.25, -0.2) is 4.57 Å². The van der Waals surface area contributed by atoms with Gasteiger partial charge < -0.3 is 33.6 Å². The number of nitrogens with zero attached hydrogens (tertiary/aromatic N) is 2. The fourth-order valence-electron chi connectivity index (χ4n) is 5.47. The highest BCUT2D eigenvalue weighted by molar-refractivity contribution is 6.32. The number of para-hydroxylation sites is 1. The van der Waals surface area contributed by atoms with E-state index in [4.69, 9.17) is 16.3 Å². The van der Waals surface area contributed by atoms with Crippen LogP contribution in [0.3, 0.4) is 0 Å². The van der Waals surface area contributed by atoms with E-state index in [0.717, 1.165) is 30.6 Å². The van der Waals surface area contributed by atoms with Crippen LogP contribution in [0.5, 0.6) is 5.75 Å². The van der Waals surface area contributed by atoms with Gasteiger partial charge in [-0.15, -0.1) is 0 Å². The molecule has 0 atom stereocenters. The summed E-state index contributed by atoms with van der Waals surface area (Å²) in [6, 6.07) is 19.5. The number of carbonyl (C=O) groups is 1. The third-order valence-electron chi connectivity index (χ3n) is 8.03. The van der Waals surface area contributed by atoms with Crippen molar-refractivity contribution in [2.75, 3.05) is 11.5 Å². The zero-order valence-electron chi connectivity index (χ0n) is 27.1. The van der Waals surface area contributed by atoms with Crippen molar-refractivity contribution in [1.82, 2.24) is 0 Å². The lowest BCUT2D eigenvalue weighted by atomic mass is 10.0. The molecule has 1 amide bonds. The summed E-state index contributed by atoms with van der Waals surface area (Å²) in [7, 11) is 0. The zero-order valence-corrected chi connectivity index (χ0v) is 30.0. The van der Waals surface area contributed by atoms with E-state index in [1.54, 1.807) is 4.90 Å². The molecule has 3 aromatic rings. The highest BCUT2D eigenvalue weighted by atomic mass is 127. The predicted octanol–water partition coefficient (Wildman–Crippen LogP) is 7.75. The fourth-order valence-corrected chi connectivity index (χ4v) is 5.73. The lowest BCUT2D eigenvalue weighted by Crippen LogP contribution is -3.00. The number of amides is 1. The Kier molecular flexibility index (Phi) is 20.1. The molecule has 0 unspecified atom stereocenters. The molecule has 0 N–H and O–H groups in total. The minimum absolute atomic E-state index is 0. The molecule has 242 valence electrons. The molecule has 0 aliphatic rings. The number of aromatic nitrogens is 1. The molecule has 3 rings (SSSR count). The summed E-state index contributed by atoms with van der Waals surface area (Å²) in [5.41, 5.74) is 2.48. The molecule has 1 aromatic heterocycles. The van der Waals surface area contributed by atoms with Gasteiger partial charge in [-0.3, -0.25) is 4.79 Å². The van der Waals surface area contributed by atoms with E-state index in [9.17, 15) is 4.79 Å². The number of anilines is 1. The van der Waals surface area contributed by atoms with Crippen LogP contribution in [-0.2, 0) is 13.1 Å². The second kappa shape index (κ2) is 23.3. The highest BCUT2D eigenvalue weighted by Crippen LogP contribution is 2.28. The van der Waals surface area contributed by atoms with Crippen molar-refractivity contribution in [3.05, 3.63) is 89.2 Å². The lowest BCUT2D eigenvalue weighted by molar-refractivity contribution is -0.697. The van der Waals surface area contributed by atoms with Gasteiger partial charge in [0.15, 0.2) is 12.4 Å². The Hall–Kier alpha value is -2.12. The molecule has 0 spiro atoms. The summed E-state index contributed by atoms with van der Waals surface area (Å²) in [6.45, 7) is 6.46. The summed E-state index contributed by atoms with van der Waals surface area (Å²) in [6.07, 6.45) is 23.8. The van der Waals surface area contributed by atoms with Crippen LogP contribution < -0.4 is 38.2 Å². The lowest BCUT2D eigenvalue weighted by Gasteiger charge is -2.23. The van der Waals surface area contributed by atoms with Gasteiger partial charge in [-0.2, -0.15) is 0 Å². The molecule has 6 heteroatoms. The van der Waals surface area contributed by atoms with Crippen LogP contribution in [0.25, 0.3) is 0 Å². The molecule has 1 heterocycles. The van der Waals surface area contributed by atoms with E-state index in [2.05, 4.69) is 18.4 Å². The third-order valence-corrected chi connectivity index (χ3v) is 8.32. The van der Waals surface area contributed by atoms with Crippen LogP contribution >= 0.6 is 11.6 Å². The summed E-state index contributed by atoms with van der Waals surface area (Å²) in [4.78, 5) is 15.4. The summed E-state index contributed by atoms with van der Waals surface area (Å²) >= 11 is 6.64. The number of ether oxygens (including phenoxy) is 1. The number of halogens is 2. The van der Waals surface area contributed by atoms with Gasteiger partial charge in [-0.05, 0) is 36.2 Å². The second-order valence-electron chi connectivity index (χ2n) is 11.8. The Morgan fingerprint density at radius 3 is 1.84 bits per heavy atom. The number of hydrogen-bond donors (Lipinski definition) is 0. The minimum Gasteiger partial charge on any atom is -1.00 e. The molecular formula is C38H54ClIN2O2. The molecule has 0 saturated carbocycles. The van der Waals surface area contributed by atoms with Gasteiger partial charge >= 0.3 is 0 Å². The fraction of sp³-hybridized carbons (Fsp3) is 0.526. The van der Waals surface area contributed by atoms with Crippen molar-refractivity contribution in [3.8, 4) is 5.75 Å². The maximum absolute atomic E-state index is 13.6. The molecule has 4 nitrogen and oxygen atoms in total. The van der Waals surface area contributed by atoms with Crippen molar-refractivity contribution >= 4 is 23.2 Å². The van der Waals surface area contributed by atoms with Gasteiger partial charge in [0.05, 0.1) is 23.7 Å². The number of aryl methyl sites for hydroxylation is 1. The van der Waals surface area contributed by atoms with Crippen LogP contribution in [0.15, 0.2) is 73.1 Å². The van der Waals surface area contributed by atoms with Crippen LogP contribution in [0.1, 0.15) is 126 Å². The van der Waals surface area contributed by atoms with Crippen molar-refractivity contribution in [3.63, 3.8) is 0 Å². The standard InChI is InChI=1S/C38H54ClN2O2.HI/c1-3-5-6-7-8-9-10-11-12-13-14-15-16-20-30-43-37-24-23-33(31-36(37)39)32-41(35-21-18-17-19-22-35)38(42)34-25-28-40(27-4-2)29-26-34;/h17-19,21-26,28-29,31H,3-16,20,27,30,32H2,1-2H3;1H/q+1;/p-1. The van der Waals surface area contributed by atoms with Gasteiger partial charge in [0, 0.05) is 24.2 Å². The molecule has 0 aliphatic carbocycles. The average Bonchev–Trinajstić information content (AvgIpc) is 3.03. The Morgan fingerprint density at radius 2 is 1.30 bits per heavy atom. The van der Waals surface area contributed by atoms with Gasteiger partial charge in [0.1, 0.15) is 12.3 Å². The van der Waals surface area contributed by atoms with Crippen molar-refractivity contribution in [2.45, 2.75) is 123 Å². The largest absolute Gasteiger partial charge is 1.00 e. The van der Waals surface area contributed by atoms with Crippen molar-refractivity contribution in [2.24, 2.45) is 0 Å². The molecule has 0 aliphatic heterocycles. The van der Waals surface area contributed by atoms with E-state index in [1.807, 2.05) is 73.1 Å². The van der Waals surface area contributed by atoms with Crippen LogP contribution in [0.2, 0.25) is 5.02 Å². The Bertz CT molecular complexity index is 1170. The number of benzene rings is 2. The smallest absolute Gasteiger partial charge is 0.259 e. The van der Waals surface area contributed by atoms with Gasteiger partial charge in [0.2, 0.25) is 0 Å². The Balaban J connectivity index is 0.00000675. The molecule has 2 aromatic carbocycles. The highest BCUT2D eigenvalue weighted by Gasteiger charge is 2.20. The number of pyridine rings is 1. The van der Waals surface area contributed by atoms with Gasteiger partial charge in [0.25, 0.3) is 5.91 Å². The van der Waals surface area contributed by atoms with Crippen LogP contribution in [-0.4, -0.2) is 12.5 Å². The van der Waals surface area contributed by atoms with E-state index in [1.165, 1.54) is 83.5 Å². The van der Waals surface area contributed by atoms with Crippen molar-refractivity contribution in [1.29, 1.82) is 0 Å². The van der Waals surface area contributed by atoms with E-state index in [-0.39, 0.29) is 29.9 Å². The summed E-state index contributed by atoms with van der Waals surface area (Å²) in [5.74, 6) is 0.672. The Labute approximate surface area is 289 Å². The molecular weight excluding hydrogens is 679 g/mol. The van der Waals surface area contributed by atoms with Crippen molar-refractivity contribution < 1.29 is 38.1 Å². The molecule has 0 fully saturated rings. The minimum atomic E-state index is -0.0379. The van der Waals surface area contributed by atoms with E-state index < -0.39 is 0 Å². The molecule has 0 bridgehead atoms. The first-order valence-corrected chi connectivity index (χ1v) is 17.3. The van der Waals surface area contributed by atoms with Crippen LogP contribution in [0.4, 0.5) is 5.69 Å². The first kappa shape index (κ1) is 38.1. The number of rotatable bonds is 22. The Morgan fingerprint density at radius 1 is 0.727 bits per heavy atom. The maximum atomic E-state index is 13.6. The molecule has 44 heavy (non-hydrogen) atoms. The third kappa shape index (κ3) is 14.3. The summed E-state index contributed by atoms with van der Waals surface area (Å²) < 4.78 is 8.12. The second-order valence-corrected chi connectivity index (χ2v) is 12.2. The maximum Gasteiger partial charge on any atom is 0.259 e. The van der Waals surface area contributed by atoms with E-state index >= 15 is 0 Å². The number of hydrogen-bond acceptors (Lipinski definition) is 2. The summed E-state index contributed by atoms with van der Waals surface area (Å²) in [5, 5.41) is 0.587. The SMILES string of the molecule is CCCCCCCCCCCCCCCCOc1ccc(CN(C(=O)c2cc[n+](CCC)cc2)c2ccccc2)cc1Cl.[I-]. The topological polar surface area (TPSA) is 33.4 Å². The van der Waals surface area contributed by atoms with E-state index in [0.29, 0.717) is 29.5 Å². The van der Waals surface area contributed by atoms with Crippen LogP contribution in [0, 0.1) is 0 Å². The average molecular weight is 733 g/mol. The predicted molar refractivity (Wildman–Crippen MR) is 181 cm³/mol. The number of unbranched alkanes of at least 4 members (excludes halogenated alkanes) is 13. The first-order chi connectivity index (χ1) is 21.1. The molecule has 0 saturated heterocycles. The zero-order chi connectivity index (χ0) is 30.5. The monoisotopic (exact) mass is 732 g/mol. The molecule has 0 radical (unpaired) electrons. The van der Waals surface area contributed by atoms with Gasteiger partial charge in [-0.1, -0.05) is 133 Å².